The third-order valence-corrected chi connectivity index (χ3v) is 2.56. The fourth-order valence-corrected chi connectivity index (χ4v) is 1.66. The molecule has 0 saturated carbocycles. The van der Waals surface area contributed by atoms with Crippen molar-refractivity contribution in [3.8, 4) is 16.9 Å². The Morgan fingerprint density at radius 3 is 2.71 bits per heavy atom. The van der Waals surface area contributed by atoms with Gasteiger partial charge in [0.1, 0.15) is 17.4 Å². The van der Waals surface area contributed by atoms with Crippen LogP contribution in [0.3, 0.4) is 0 Å². The minimum Gasteiger partial charge on any atom is -0.497 e. The van der Waals surface area contributed by atoms with E-state index < -0.39 is 5.82 Å². The lowest BCUT2D eigenvalue weighted by atomic mass is 10.1. The van der Waals surface area contributed by atoms with Gasteiger partial charge in [-0.25, -0.2) is 9.37 Å². The summed E-state index contributed by atoms with van der Waals surface area (Å²) in [6.07, 6.45) is 1.42. The highest BCUT2D eigenvalue weighted by Gasteiger charge is 2.10. The van der Waals surface area contributed by atoms with Crippen molar-refractivity contribution in [2.75, 3.05) is 12.8 Å². The third kappa shape index (κ3) is 2.31. The Balaban J connectivity index is 2.56. The number of rotatable bonds is 2. The molecule has 0 aliphatic rings. The number of hydrogen-bond donors (Lipinski definition) is 1. The van der Waals surface area contributed by atoms with Crippen LogP contribution in [0.5, 0.6) is 5.75 Å². The number of anilines is 1. The number of nitrogens with zero attached hydrogens (tertiary/aromatic N) is 1. The van der Waals surface area contributed by atoms with E-state index in [2.05, 4.69) is 4.98 Å². The summed E-state index contributed by atoms with van der Waals surface area (Å²) in [5.74, 6) is 0.249. The molecule has 3 nitrogen and oxygen atoms in total. The average Bonchev–Trinajstić information content (AvgIpc) is 2.32. The van der Waals surface area contributed by atoms with Crippen LogP contribution in [0, 0.1) is 5.82 Å². The van der Waals surface area contributed by atoms with Crippen LogP contribution in [-0.4, -0.2) is 12.1 Å². The van der Waals surface area contributed by atoms with Crippen LogP contribution < -0.4 is 10.5 Å². The van der Waals surface area contributed by atoms with Crippen LogP contribution >= 0.6 is 11.6 Å². The standard InChI is InChI=1S/C12H10ClFN2O/c1-17-8-2-3-9(11(14)5-8)10-4-7(13)6-16-12(10)15/h2-6H,1H3,(H2,15,16). The number of pyridine rings is 1. The molecule has 0 bridgehead atoms. The summed E-state index contributed by atoms with van der Waals surface area (Å²) in [5.41, 5.74) is 6.51. The molecule has 5 heteroatoms. The van der Waals surface area contributed by atoms with Crippen molar-refractivity contribution in [2.24, 2.45) is 0 Å². The second-order valence-corrected chi connectivity index (χ2v) is 3.87. The molecule has 0 spiro atoms. The summed E-state index contributed by atoms with van der Waals surface area (Å²) in [5, 5.41) is 0.407. The molecule has 0 aliphatic carbocycles. The van der Waals surface area contributed by atoms with Gasteiger partial charge in [0.15, 0.2) is 0 Å². The molecule has 0 radical (unpaired) electrons. The topological polar surface area (TPSA) is 48.1 Å². The lowest BCUT2D eigenvalue weighted by Crippen LogP contribution is -1.96. The minimum absolute atomic E-state index is 0.235. The highest BCUT2D eigenvalue weighted by molar-refractivity contribution is 6.30. The van der Waals surface area contributed by atoms with E-state index in [1.54, 1.807) is 18.2 Å². The van der Waals surface area contributed by atoms with Crippen LogP contribution in [0.1, 0.15) is 0 Å². The molecule has 0 saturated heterocycles. The fraction of sp³-hybridized carbons (Fsp3) is 0.0833. The average molecular weight is 253 g/mol. The molecule has 0 fully saturated rings. The molecule has 1 aromatic carbocycles. The van der Waals surface area contributed by atoms with E-state index >= 15 is 0 Å². The van der Waals surface area contributed by atoms with Crippen molar-refractivity contribution >= 4 is 17.4 Å². The molecule has 0 aliphatic heterocycles. The molecule has 2 aromatic rings. The Hall–Kier alpha value is -1.81. The van der Waals surface area contributed by atoms with E-state index in [0.29, 0.717) is 21.9 Å². The van der Waals surface area contributed by atoms with Crippen LogP contribution in [0.15, 0.2) is 30.5 Å². The molecular formula is C12H10ClFN2O. The van der Waals surface area contributed by atoms with Gasteiger partial charge in [-0.3, -0.25) is 0 Å². The van der Waals surface area contributed by atoms with Gasteiger partial charge in [-0.2, -0.15) is 0 Å². The Bertz CT molecular complexity index is 560. The number of nitrogen functional groups attached to an aromatic ring is 1. The second kappa shape index (κ2) is 4.59. The summed E-state index contributed by atoms with van der Waals surface area (Å²) in [4.78, 5) is 3.89. The SMILES string of the molecule is COc1ccc(-c2cc(Cl)cnc2N)c(F)c1. The first-order valence-corrected chi connectivity index (χ1v) is 5.24. The van der Waals surface area contributed by atoms with Crippen LogP contribution in [0.4, 0.5) is 10.2 Å². The van der Waals surface area contributed by atoms with Gasteiger partial charge in [-0.1, -0.05) is 11.6 Å². The molecule has 2 N–H and O–H groups in total. The number of aromatic nitrogens is 1. The number of nitrogens with two attached hydrogens (primary N) is 1. The maximum absolute atomic E-state index is 13.8. The quantitative estimate of drug-likeness (QED) is 0.893. The lowest BCUT2D eigenvalue weighted by Gasteiger charge is -2.08. The van der Waals surface area contributed by atoms with Gasteiger partial charge < -0.3 is 10.5 Å². The summed E-state index contributed by atoms with van der Waals surface area (Å²) in [6, 6.07) is 6.10. The first-order valence-electron chi connectivity index (χ1n) is 4.86. The molecule has 0 atom stereocenters. The van der Waals surface area contributed by atoms with E-state index in [9.17, 15) is 4.39 Å². The van der Waals surface area contributed by atoms with Gasteiger partial charge in [0.05, 0.1) is 12.1 Å². The molecule has 88 valence electrons. The lowest BCUT2D eigenvalue weighted by molar-refractivity contribution is 0.411. The maximum Gasteiger partial charge on any atom is 0.134 e. The van der Waals surface area contributed by atoms with Gasteiger partial charge in [0.25, 0.3) is 0 Å². The second-order valence-electron chi connectivity index (χ2n) is 3.43. The van der Waals surface area contributed by atoms with Gasteiger partial charge in [-0.05, 0) is 18.2 Å². The molecule has 1 aromatic heterocycles. The minimum atomic E-state index is -0.430. The summed E-state index contributed by atoms with van der Waals surface area (Å²) in [6.45, 7) is 0. The van der Waals surface area contributed by atoms with Gasteiger partial charge in [0, 0.05) is 23.4 Å². The van der Waals surface area contributed by atoms with Crippen molar-refractivity contribution in [1.82, 2.24) is 4.98 Å². The molecule has 1 heterocycles. The molecule has 0 amide bonds. The molecule has 0 unspecified atom stereocenters. The number of hydrogen-bond acceptors (Lipinski definition) is 3. The van der Waals surface area contributed by atoms with Crippen LogP contribution in [0.2, 0.25) is 5.02 Å². The third-order valence-electron chi connectivity index (χ3n) is 2.35. The van der Waals surface area contributed by atoms with E-state index in [4.69, 9.17) is 22.1 Å². The summed E-state index contributed by atoms with van der Waals surface area (Å²) >= 11 is 5.81. The number of ether oxygens (including phenoxy) is 1. The zero-order chi connectivity index (χ0) is 12.4. The Kier molecular flexibility index (Phi) is 3.15. The number of benzene rings is 1. The van der Waals surface area contributed by atoms with Gasteiger partial charge >= 0.3 is 0 Å². The van der Waals surface area contributed by atoms with Crippen molar-refractivity contribution in [1.29, 1.82) is 0 Å². The van der Waals surface area contributed by atoms with Crippen LogP contribution in [0.25, 0.3) is 11.1 Å². The van der Waals surface area contributed by atoms with Crippen molar-refractivity contribution in [2.45, 2.75) is 0 Å². The normalized spacial score (nSPS) is 10.3. The molecule has 2 rings (SSSR count). The smallest absolute Gasteiger partial charge is 0.134 e. The van der Waals surface area contributed by atoms with E-state index in [1.807, 2.05) is 0 Å². The Morgan fingerprint density at radius 1 is 1.29 bits per heavy atom. The summed E-state index contributed by atoms with van der Waals surface area (Å²) in [7, 11) is 1.48. The Morgan fingerprint density at radius 2 is 2.06 bits per heavy atom. The van der Waals surface area contributed by atoms with E-state index in [0.717, 1.165) is 0 Å². The first-order chi connectivity index (χ1) is 8.11. The first kappa shape index (κ1) is 11.7. The predicted octanol–water partition coefficient (Wildman–Crippen LogP) is 3.13. The van der Waals surface area contributed by atoms with Crippen molar-refractivity contribution in [3.05, 3.63) is 41.3 Å². The molecular weight excluding hydrogens is 243 g/mol. The van der Waals surface area contributed by atoms with Crippen molar-refractivity contribution in [3.63, 3.8) is 0 Å². The fourth-order valence-electron chi connectivity index (χ4n) is 1.51. The zero-order valence-corrected chi connectivity index (χ0v) is 9.83. The highest BCUT2D eigenvalue weighted by atomic mass is 35.5. The number of halogens is 2. The Labute approximate surface area is 103 Å². The number of methoxy groups -OCH3 is 1. The maximum atomic E-state index is 13.8. The zero-order valence-electron chi connectivity index (χ0n) is 9.08. The highest BCUT2D eigenvalue weighted by Crippen LogP contribution is 2.30. The van der Waals surface area contributed by atoms with Gasteiger partial charge in [-0.15, -0.1) is 0 Å². The summed E-state index contributed by atoms with van der Waals surface area (Å²) < 4.78 is 18.8. The van der Waals surface area contributed by atoms with Gasteiger partial charge in [0.2, 0.25) is 0 Å². The van der Waals surface area contributed by atoms with Crippen molar-refractivity contribution < 1.29 is 9.13 Å². The molecule has 17 heavy (non-hydrogen) atoms. The van der Waals surface area contributed by atoms with E-state index in [-0.39, 0.29) is 5.82 Å². The predicted molar refractivity (Wildman–Crippen MR) is 65.6 cm³/mol. The van der Waals surface area contributed by atoms with E-state index in [1.165, 1.54) is 19.4 Å². The largest absolute Gasteiger partial charge is 0.497 e. The van der Waals surface area contributed by atoms with Crippen LogP contribution in [-0.2, 0) is 0 Å². The monoisotopic (exact) mass is 252 g/mol.